The highest BCUT2D eigenvalue weighted by Gasteiger charge is 2.26. The second-order valence-corrected chi connectivity index (χ2v) is 6.32. The summed E-state index contributed by atoms with van der Waals surface area (Å²) < 4.78 is 11.7. The zero-order chi connectivity index (χ0) is 14.7. The third kappa shape index (κ3) is 3.45. The summed E-state index contributed by atoms with van der Waals surface area (Å²) in [5.74, 6) is 3.15. The fourth-order valence-electron chi connectivity index (χ4n) is 3.40. The summed E-state index contributed by atoms with van der Waals surface area (Å²) >= 11 is 0. The van der Waals surface area contributed by atoms with Crippen LogP contribution in [-0.4, -0.2) is 13.2 Å². The number of methoxy groups -OCH3 is 1. The lowest BCUT2D eigenvalue weighted by Gasteiger charge is -2.32. The Labute approximate surface area is 122 Å². The quantitative estimate of drug-likeness (QED) is 0.907. The van der Waals surface area contributed by atoms with Gasteiger partial charge in [-0.2, -0.15) is 0 Å². The molecule has 1 aliphatic rings. The van der Waals surface area contributed by atoms with E-state index >= 15 is 0 Å². The van der Waals surface area contributed by atoms with Gasteiger partial charge in [0.2, 0.25) is 0 Å². The van der Waals surface area contributed by atoms with Crippen molar-refractivity contribution in [3.63, 3.8) is 0 Å². The van der Waals surface area contributed by atoms with Crippen molar-refractivity contribution in [1.29, 1.82) is 0 Å². The van der Waals surface area contributed by atoms with Gasteiger partial charge in [-0.05, 0) is 50.2 Å². The van der Waals surface area contributed by atoms with E-state index in [9.17, 15) is 0 Å². The van der Waals surface area contributed by atoms with Crippen LogP contribution < -0.4 is 15.2 Å². The van der Waals surface area contributed by atoms with E-state index in [0.717, 1.165) is 41.7 Å². The molecule has 0 bridgehead atoms. The van der Waals surface area contributed by atoms with Crippen molar-refractivity contribution >= 4 is 0 Å². The molecule has 3 heteroatoms. The first kappa shape index (κ1) is 15.2. The van der Waals surface area contributed by atoms with Crippen molar-refractivity contribution in [1.82, 2.24) is 0 Å². The maximum absolute atomic E-state index is 6.27. The molecule has 20 heavy (non-hydrogen) atoms. The predicted molar refractivity (Wildman–Crippen MR) is 82.2 cm³/mol. The normalized spacial score (nSPS) is 27.9. The van der Waals surface area contributed by atoms with Gasteiger partial charge in [-0.1, -0.05) is 19.9 Å². The molecule has 0 heterocycles. The summed E-state index contributed by atoms with van der Waals surface area (Å²) in [6.45, 7) is 6.59. The SMILES string of the molecule is COc1cccc(OC2CC(C)CC(C)C2)c1[C@@H](C)N. The van der Waals surface area contributed by atoms with Crippen LogP contribution >= 0.6 is 0 Å². The zero-order valence-electron chi connectivity index (χ0n) is 13.1. The van der Waals surface area contributed by atoms with Crippen molar-refractivity contribution in [2.24, 2.45) is 17.6 Å². The molecule has 1 saturated carbocycles. The molecule has 0 amide bonds. The third-order valence-electron chi connectivity index (χ3n) is 4.13. The first-order chi connectivity index (χ1) is 9.51. The summed E-state index contributed by atoms with van der Waals surface area (Å²) in [4.78, 5) is 0. The van der Waals surface area contributed by atoms with Crippen LogP contribution in [0.25, 0.3) is 0 Å². The van der Waals surface area contributed by atoms with E-state index in [4.69, 9.17) is 15.2 Å². The van der Waals surface area contributed by atoms with Crippen LogP contribution in [0.15, 0.2) is 18.2 Å². The molecule has 0 saturated heterocycles. The summed E-state index contributed by atoms with van der Waals surface area (Å²) in [5.41, 5.74) is 7.06. The second-order valence-electron chi connectivity index (χ2n) is 6.32. The molecule has 0 aromatic heterocycles. The Morgan fingerprint density at radius 2 is 1.70 bits per heavy atom. The van der Waals surface area contributed by atoms with Crippen LogP contribution in [0, 0.1) is 11.8 Å². The highest BCUT2D eigenvalue weighted by Crippen LogP contribution is 2.36. The Morgan fingerprint density at radius 1 is 1.10 bits per heavy atom. The van der Waals surface area contributed by atoms with E-state index in [1.54, 1.807) is 7.11 Å². The van der Waals surface area contributed by atoms with Gasteiger partial charge in [-0.25, -0.2) is 0 Å². The van der Waals surface area contributed by atoms with Crippen molar-refractivity contribution in [3.8, 4) is 11.5 Å². The van der Waals surface area contributed by atoms with E-state index < -0.39 is 0 Å². The Morgan fingerprint density at radius 3 is 2.25 bits per heavy atom. The molecule has 0 aliphatic heterocycles. The number of benzene rings is 1. The monoisotopic (exact) mass is 277 g/mol. The van der Waals surface area contributed by atoms with Gasteiger partial charge in [-0.15, -0.1) is 0 Å². The van der Waals surface area contributed by atoms with Crippen LogP contribution in [-0.2, 0) is 0 Å². The Balaban J connectivity index is 2.20. The lowest BCUT2D eigenvalue weighted by Crippen LogP contribution is -2.29. The molecule has 1 aromatic rings. The van der Waals surface area contributed by atoms with E-state index in [1.165, 1.54) is 6.42 Å². The second kappa shape index (κ2) is 6.49. The summed E-state index contributed by atoms with van der Waals surface area (Å²) in [5, 5.41) is 0. The molecular formula is C17H27NO2. The summed E-state index contributed by atoms with van der Waals surface area (Å²) in [6, 6.07) is 5.82. The van der Waals surface area contributed by atoms with E-state index in [1.807, 2.05) is 25.1 Å². The fourth-order valence-corrected chi connectivity index (χ4v) is 3.40. The van der Waals surface area contributed by atoms with E-state index in [-0.39, 0.29) is 6.04 Å². The molecule has 1 aliphatic carbocycles. The zero-order valence-corrected chi connectivity index (χ0v) is 13.1. The standard InChI is InChI=1S/C17H27NO2/c1-11-8-12(2)10-14(9-11)20-16-7-5-6-15(19-4)17(16)13(3)18/h5-7,11-14H,8-10,18H2,1-4H3/t11?,12?,13-,14?/m1/s1. The number of hydrogen-bond donors (Lipinski definition) is 1. The van der Waals surface area contributed by atoms with Gasteiger partial charge in [0.15, 0.2) is 0 Å². The molecule has 1 fully saturated rings. The van der Waals surface area contributed by atoms with Crippen molar-refractivity contribution in [2.45, 2.75) is 52.2 Å². The molecule has 2 rings (SSSR count). The molecule has 1 aromatic carbocycles. The smallest absolute Gasteiger partial charge is 0.128 e. The average Bonchev–Trinajstić information content (AvgIpc) is 2.36. The van der Waals surface area contributed by atoms with E-state index in [2.05, 4.69) is 13.8 Å². The number of hydrogen-bond acceptors (Lipinski definition) is 3. The summed E-state index contributed by atoms with van der Waals surface area (Å²) in [7, 11) is 1.68. The number of nitrogens with two attached hydrogens (primary N) is 1. The Hall–Kier alpha value is -1.22. The van der Waals surface area contributed by atoms with Crippen molar-refractivity contribution in [3.05, 3.63) is 23.8 Å². The first-order valence-corrected chi connectivity index (χ1v) is 7.60. The van der Waals surface area contributed by atoms with Gasteiger partial charge in [-0.3, -0.25) is 0 Å². The maximum atomic E-state index is 6.27. The molecule has 2 N–H and O–H groups in total. The average molecular weight is 277 g/mol. The van der Waals surface area contributed by atoms with E-state index in [0.29, 0.717) is 6.10 Å². The minimum absolute atomic E-state index is 0.0976. The van der Waals surface area contributed by atoms with Crippen molar-refractivity contribution < 1.29 is 9.47 Å². The molecule has 0 radical (unpaired) electrons. The Bertz CT molecular complexity index is 435. The predicted octanol–water partition coefficient (Wildman–Crippen LogP) is 3.92. The van der Waals surface area contributed by atoms with Gasteiger partial charge < -0.3 is 15.2 Å². The first-order valence-electron chi connectivity index (χ1n) is 7.60. The number of rotatable bonds is 4. The highest BCUT2D eigenvalue weighted by atomic mass is 16.5. The molecule has 3 atom stereocenters. The third-order valence-corrected chi connectivity index (χ3v) is 4.13. The minimum atomic E-state index is -0.0976. The van der Waals surface area contributed by atoms with Gasteiger partial charge in [0.05, 0.1) is 18.8 Å². The fraction of sp³-hybridized carbons (Fsp3) is 0.647. The van der Waals surface area contributed by atoms with Gasteiger partial charge in [0.1, 0.15) is 11.5 Å². The van der Waals surface area contributed by atoms with Crippen LogP contribution in [0.3, 0.4) is 0 Å². The number of ether oxygens (including phenoxy) is 2. The van der Waals surface area contributed by atoms with Gasteiger partial charge in [0, 0.05) is 6.04 Å². The molecular weight excluding hydrogens is 250 g/mol. The van der Waals surface area contributed by atoms with Crippen molar-refractivity contribution in [2.75, 3.05) is 7.11 Å². The molecule has 0 spiro atoms. The molecule has 2 unspecified atom stereocenters. The minimum Gasteiger partial charge on any atom is -0.496 e. The highest BCUT2D eigenvalue weighted by molar-refractivity contribution is 5.46. The largest absolute Gasteiger partial charge is 0.496 e. The van der Waals surface area contributed by atoms with Gasteiger partial charge in [0.25, 0.3) is 0 Å². The molecule has 112 valence electrons. The molecule has 3 nitrogen and oxygen atoms in total. The topological polar surface area (TPSA) is 44.5 Å². The maximum Gasteiger partial charge on any atom is 0.128 e. The lowest BCUT2D eigenvalue weighted by molar-refractivity contribution is 0.0994. The van der Waals surface area contributed by atoms with Crippen LogP contribution in [0.2, 0.25) is 0 Å². The lowest BCUT2D eigenvalue weighted by atomic mass is 9.82. The van der Waals surface area contributed by atoms with Crippen LogP contribution in [0.1, 0.15) is 51.6 Å². The van der Waals surface area contributed by atoms with Crippen LogP contribution in [0.5, 0.6) is 11.5 Å². The van der Waals surface area contributed by atoms with Gasteiger partial charge >= 0.3 is 0 Å². The Kier molecular flexibility index (Phi) is 4.92. The van der Waals surface area contributed by atoms with Crippen LogP contribution in [0.4, 0.5) is 0 Å². The summed E-state index contributed by atoms with van der Waals surface area (Å²) in [6.07, 6.45) is 3.84.